The van der Waals surface area contributed by atoms with Gasteiger partial charge in [0.05, 0.1) is 36.2 Å². The number of benzene rings is 2. The number of rotatable bonds is 12. The van der Waals surface area contributed by atoms with Crippen LogP contribution in [0.3, 0.4) is 0 Å². The highest BCUT2D eigenvalue weighted by atomic mass is 35.5. The molecular formula is C25H33Cl2N3O6S. The Labute approximate surface area is 228 Å². The van der Waals surface area contributed by atoms with Gasteiger partial charge in [0.2, 0.25) is 21.8 Å². The van der Waals surface area contributed by atoms with Gasteiger partial charge in [-0.2, -0.15) is 0 Å². The number of sulfonamides is 1. The van der Waals surface area contributed by atoms with E-state index in [1.807, 2.05) is 13.8 Å². The molecule has 37 heavy (non-hydrogen) atoms. The maximum Gasteiger partial charge on any atom is 0.244 e. The number of nitrogens with zero attached hydrogens (tertiary/aromatic N) is 2. The molecule has 0 bridgehead atoms. The molecule has 12 heteroatoms. The van der Waals surface area contributed by atoms with Crippen LogP contribution in [0.15, 0.2) is 36.4 Å². The van der Waals surface area contributed by atoms with E-state index in [-0.39, 0.29) is 29.9 Å². The Balaban J connectivity index is 2.48. The summed E-state index contributed by atoms with van der Waals surface area (Å²) < 4.78 is 37.1. The minimum Gasteiger partial charge on any atom is -0.497 e. The van der Waals surface area contributed by atoms with Crippen molar-refractivity contribution >= 4 is 50.7 Å². The average molecular weight is 575 g/mol. The quantitative estimate of drug-likeness (QED) is 0.409. The van der Waals surface area contributed by atoms with E-state index < -0.39 is 28.5 Å². The number of halogens is 2. The lowest BCUT2D eigenvalue weighted by molar-refractivity contribution is -0.139. The number of carbonyl (C=O) groups excluding carboxylic acids is 2. The van der Waals surface area contributed by atoms with Crippen LogP contribution < -0.4 is 19.1 Å². The molecule has 0 aliphatic carbocycles. The van der Waals surface area contributed by atoms with Crippen molar-refractivity contribution in [2.75, 3.05) is 31.3 Å². The second-order valence-electron chi connectivity index (χ2n) is 8.57. The maximum atomic E-state index is 13.7. The molecule has 2 aromatic carbocycles. The van der Waals surface area contributed by atoms with E-state index in [1.54, 1.807) is 31.2 Å². The monoisotopic (exact) mass is 573 g/mol. The second-order valence-corrected chi connectivity index (χ2v) is 11.3. The lowest BCUT2D eigenvalue weighted by Crippen LogP contribution is -2.52. The molecule has 0 fully saturated rings. The number of hydrogen-bond donors (Lipinski definition) is 1. The Morgan fingerprint density at radius 2 is 1.70 bits per heavy atom. The summed E-state index contributed by atoms with van der Waals surface area (Å²) in [5.74, 6) is -0.301. The number of hydrogen-bond acceptors (Lipinski definition) is 6. The van der Waals surface area contributed by atoms with E-state index in [2.05, 4.69) is 5.32 Å². The normalized spacial score (nSPS) is 12.9. The van der Waals surface area contributed by atoms with Crippen molar-refractivity contribution in [1.29, 1.82) is 0 Å². The van der Waals surface area contributed by atoms with Crippen molar-refractivity contribution in [2.24, 2.45) is 0 Å². The van der Waals surface area contributed by atoms with Gasteiger partial charge >= 0.3 is 0 Å². The summed E-state index contributed by atoms with van der Waals surface area (Å²) in [7, 11) is -1.07. The molecule has 0 aliphatic rings. The minimum absolute atomic E-state index is 0.00215. The summed E-state index contributed by atoms with van der Waals surface area (Å²) in [6, 6.07) is 8.46. The smallest absolute Gasteiger partial charge is 0.244 e. The molecule has 2 rings (SSSR count). The molecule has 0 saturated carbocycles. The predicted molar refractivity (Wildman–Crippen MR) is 146 cm³/mol. The van der Waals surface area contributed by atoms with Gasteiger partial charge < -0.3 is 19.7 Å². The van der Waals surface area contributed by atoms with Gasteiger partial charge in [-0.15, -0.1) is 0 Å². The van der Waals surface area contributed by atoms with E-state index in [9.17, 15) is 18.0 Å². The van der Waals surface area contributed by atoms with E-state index in [1.165, 1.54) is 31.3 Å². The zero-order chi connectivity index (χ0) is 27.9. The lowest BCUT2D eigenvalue weighted by atomic mass is 10.1. The maximum absolute atomic E-state index is 13.7. The summed E-state index contributed by atoms with van der Waals surface area (Å²) in [5, 5.41) is 3.51. The van der Waals surface area contributed by atoms with Crippen LogP contribution in [0.25, 0.3) is 0 Å². The largest absolute Gasteiger partial charge is 0.497 e. The molecule has 1 N–H and O–H groups in total. The Kier molecular flexibility index (Phi) is 10.9. The highest BCUT2D eigenvalue weighted by molar-refractivity contribution is 7.92. The number of amides is 2. The van der Waals surface area contributed by atoms with Crippen LogP contribution in [-0.4, -0.2) is 64.2 Å². The summed E-state index contributed by atoms with van der Waals surface area (Å²) in [4.78, 5) is 28.0. The fraction of sp³-hybridized carbons (Fsp3) is 0.440. The van der Waals surface area contributed by atoms with Gasteiger partial charge in [0.15, 0.2) is 0 Å². The van der Waals surface area contributed by atoms with Crippen molar-refractivity contribution in [3.8, 4) is 11.5 Å². The van der Waals surface area contributed by atoms with Crippen LogP contribution in [-0.2, 0) is 26.2 Å². The highest BCUT2D eigenvalue weighted by Crippen LogP contribution is 2.34. The minimum atomic E-state index is -3.93. The molecule has 0 saturated heterocycles. The Morgan fingerprint density at radius 3 is 2.24 bits per heavy atom. The van der Waals surface area contributed by atoms with Gasteiger partial charge in [0.25, 0.3) is 0 Å². The third-order valence-corrected chi connectivity index (χ3v) is 7.71. The topological polar surface area (TPSA) is 105 Å². The summed E-state index contributed by atoms with van der Waals surface area (Å²) >= 11 is 12.2. The zero-order valence-corrected chi connectivity index (χ0v) is 24.1. The predicted octanol–water partition coefficient (Wildman–Crippen LogP) is 4.11. The summed E-state index contributed by atoms with van der Waals surface area (Å²) in [6.45, 7) is 4.81. The van der Waals surface area contributed by atoms with Crippen molar-refractivity contribution in [3.63, 3.8) is 0 Å². The SMILES string of the molecule is CC[C@@H](C)NC(=O)[C@H](C)N(Cc1ccc(Cl)c(Cl)c1)C(=O)CN(c1ccc(OC)cc1OC)S(C)(=O)=O. The van der Waals surface area contributed by atoms with Crippen molar-refractivity contribution in [2.45, 2.75) is 45.8 Å². The molecule has 204 valence electrons. The van der Waals surface area contributed by atoms with Crippen molar-refractivity contribution in [3.05, 3.63) is 52.0 Å². The van der Waals surface area contributed by atoms with E-state index >= 15 is 0 Å². The number of methoxy groups -OCH3 is 2. The third kappa shape index (κ3) is 8.15. The number of anilines is 1. The van der Waals surface area contributed by atoms with Gasteiger partial charge in [-0.1, -0.05) is 36.2 Å². The average Bonchev–Trinajstić information content (AvgIpc) is 2.86. The van der Waals surface area contributed by atoms with Crippen LogP contribution in [0.4, 0.5) is 5.69 Å². The fourth-order valence-corrected chi connectivity index (χ4v) is 4.64. The van der Waals surface area contributed by atoms with Gasteiger partial charge in [0, 0.05) is 18.7 Å². The molecule has 9 nitrogen and oxygen atoms in total. The first-order valence-corrected chi connectivity index (χ1v) is 14.2. The molecular weight excluding hydrogens is 541 g/mol. The Hall–Kier alpha value is -2.69. The van der Waals surface area contributed by atoms with Crippen molar-refractivity contribution in [1.82, 2.24) is 10.2 Å². The molecule has 0 radical (unpaired) electrons. The standard InChI is InChI=1S/C25H33Cl2N3O6S/c1-7-16(2)28-25(32)17(3)29(14-18-8-10-20(26)21(27)12-18)24(31)15-30(37(6,33)34)22-11-9-19(35-4)13-23(22)36-5/h8-13,16-17H,7,14-15H2,1-6H3,(H,28,32)/t16-,17+/m1/s1. The fourth-order valence-electron chi connectivity index (χ4n) is 3.47. The van der Waals surface area contributed by atoms with Crippen LogP contribution in [0.1, 0.15) is 32.8 Å². The molecule has 0 heterocycles. The zero-order valence-electron chi connectivity index (χ0n) is 21.7. The lowest BCUT2D eigenvalue weighted by Gasteiger charge is -2.32. The number of nitrogens with one attached hydrogen (secondary N) is 1. The molecule has 0 spiro atoms. The molecule has 2 amide bonds. The molecule has 2 atom stereocenters. The molecule has 0 unspecified atom stereocenters. The van der Waals surface area contributed by atoms with E-state index in [0.717, 1.165) is 10.6 Å². The van der Waals surface area contributed by atoms with Crippen molar-refractivity contribution < 1.29 is 27.5 Å². The molecule has 2 aromatic rings. The molecule has 0 aromatic heterocycles. The van der Waals surface area contributed by atoms with Gasteiger partial charge in [-0.05, 0) is 50.1 Å². The van der Waals surface area contributed by atoms with Crippen LogP contribution in [0, 0.1) is 0 Å². The number of carbonyl (C=O) groups is 2. The first-order valence-electron chi connectivity index (χ1n) is 11.6. The van der Waals surface area contributed by atoms with Crippen LogP contribution in [0.2, 0.25) is 10.0 Å². The van der Waals surface area contributed by atoms with E-state index in [4.69, 9.17) is 32.7 Å². The number of ether oxygens (including phenoxy) is 2. The Bertz CT molecular complexity index is 1220. The van der Waals surface area contributed by atoms with E-state index in [0.29, 0.717) is 27.8 Å². The van der Waals surface area contributed by atoms with Gasteiger partial charge in [0.1, 0.15) is 24.1 Å². The first-order chi connectivity index (χ1) is 17.3. The first kappa shape index (κ1) is 30.5. The molecule has 0 aliphatic heterocycles. The highest BCUT2D eigenvalue weighted by Gasteiger charge is 2.31. The van der Waals surface area contributed by atoms with Crippen LogP contribution in [0.5, 0.6) is 11.5 Å². The second kappa shape index (κ2) is 13.2. The Morgan fingerprint density at radius 1 is 1.03 bits per heavy atom. The third-order valence-electron chi connectivity index (χ3n) is 5.84. The van der Waals surface area contributed by atoms with Gasteiger partial charge in [-0.25, -0.2) is 8.42 Å². The summed E-state index contributed by atoms with van der Waals surface area (Å²) in [5.41, 5.74) is 0.782. The van der Waals surface area contributed by atoms with Crippen LogP contribution >= 0.6 is 23.2 Å². The summed E-state index contributed by atoms with van der Waals surface area (Å²) in [6.07, 6.45) is 1.70. The van der Waals surface area contributed by atoms with Gasteiger partial charge in [-0.3, -0.25) is 13.9 Å².